The van der Waals surface area contributed by atoms with Crippen molar-refractivity contribution < 1.29 is 0 Å². The minimum Gasteiger partial charge on any atom is -0.360 e. The summed E-state index contributed by atoms with van der Waals surface area (Å²) in [5.41, 5.74) is 0. The van der Waals surface area contributed by atoms with E-state index in [1.807, 2.05) is 6.92 Å². The Bertz CT molecular complexity index is 327. The smallest absolute Gasteiger partial charge is 0.202 e. The standard InChI is InChI=1S/C9H14N4S/c1-5-12-9(14-13-5)11-4-8-6-2-10-3-7(6)8/h6-8,10H,2-4H2,1H3,(H,11,12,13). The average molecular weight is 210 g/mol. The van der Waals surface area contributed by atoms with Crippen LogP contribution in [0.2, 0.25) is 0 Å². The van der Waals surface area contributed by atoms with Gasteiger partial charge in [0.25, 0.3) is 0 Å². The maximum Gasteiger partial charge on any atom is 0.202 e. The molecule has 5 heteroatoms. The molecule has 14 heavy (non-hydrogen) atoms. The van der Waals surface area contributed by atoms with Crippen LogP contribution in [0.5, 0.6) is 0 Å². The molecule has 0 bridgehead atoms. The number of rotatable bonds is 3. The Morgan fingerprint density at radius 1 is 1.50 bits per heavy atom. The van der Waals surface area contributed by atoms with Crippen LogP contribution in [0.3, 0.4) is 0 Å². The summed E-state index contributed by atoms with van der Waals surface area (Å²) in [5, 5.41) is 7.75. The molecule has 76 valence electrons. The van der Waals surface area contributed by atoms with Crippen LogP contribution in [0.4, 0.5) is 5.13 Å². The first kappa shape index (κ1) is 8.61. The molecule has 2 aliphatic rings. The van der Waals surface area contributed by atoms with Gasteiger partial charge in [-0.25, -0.2) is 4.98 Å². The number of hydrogen-bond donors (Lipinski definition) is 2. The first-order valence-electron chi connectivity index (χ1n) is 5.09. The van der Waals surface area contributed by atoms with E-state index in [-0.39, 0.29) is 0 Å². The Hall–Kier alpha value is -0.680. The van der Waals surface area contributed by atoms with Gasteiger partial charge in [-0.3, -0.25) is 0 Å². The van der Waals surface area contributed by atoms with E-state index in [0.29, 0.717) is 0 Å². The Kier molecular flexibility index (Phi) is 1.95. The Labute approximate surface area is 87.3 Å². The van der Waals surface area contributed by atoms with Gasteiger partial charge in [0.1, 0.15) is 5.82 Å². The molecule has 2 N–H and O–H groups in total. The zero-order valence-corrected chi connectivity index (χ0v) is 8.97. The number of piperidine rings is 1. The molecule has 1 saturated heterocycles. The van der Waals surface area contributed by atoms with Crippen molar-refractivity contribution in [1.29, 1.82) is 0 Å². The number of hydrogen-bond acceptors (Lipinski definition) is 5. The minimum atomic E-state index is 0.871. The number of nitrogens with zero attached hydrogens (tertiary/aromatic N) is 2. The van der Waals surface area contributed by atoms with E-state index in [1.165, 1.54) is 24.6 Å². The van der Waals surface area contributed by atoms with Crippen molar-refractivity contribution in [3.05, 3.63) is 5.82 Å². The highest BCUT2D eigenvalue weighted by atomic mass is 32.1. The largest absolute Gasteiger partial charge is 0.360 e. The van der Waals surface area contributed by atoms with Crippen LogP contribution < -0.4 is 10.6 Å². The third-order valence-corrected chi connectivity index (χ3v) is 4.05. The van der Waals surface area contributed by atoms with E-state index in [9.17, 15) is 0 Å². The molecule has 1 aromatic rings. The topological polar surface area (TPSA) is 49.8 Å². The first-order valence-corrected chi connectivity index (χ1v) is 5.87. The van der Waals surface area contributed by atoms with Crippen molar-refractivity contribution in [1.82, 2.24) is 14.7 Å². The molecular weight excluding hydrogens is 196 g/mol. The molecule has 0 radical (unpaired) electrons. The molecule has 1 saturated carbocycles. The predicted molar refractivity (Wildman–Crippen MR) is 56.5 cm³/mol. The highest BCUT2D eigenvalue weighted by molar-refractivity contribution is 7.09. The summed E-state index contributed by atoms with van der Waals surface area (Å²) in [5.74, 6) is 3.60. The molecule has 2 atom stereocenters. The third-order valence-electron chi connectivity index (χ3n) is 3.29. The maximum atomic E-state index is 4.29. The van der Waals surface area contributed by atoms with Gasteiger partial charge in [0.2, 0.25) is 5.13 Å². The minimum absolute atomic E-state index is 0.871. The van der Waals surface area contributed by atoms with Gasteiger partial charge >= 0.3 is 0 Å². The number of fused-ring (bicyclic) bond motifs is 1. The van der Waals surface area contributed by atoms with Crippen molar-refractivity contribution in [2.75, 3.05) is 25.0 Å². The number of aryl methyl sites for hydroxylation is 1. The summed E-state index contributed by atoms with van der Waals surface area (Å²) in [6, 6.07) is 0. The van der Waals surface area contributed by atoms with E-state index >= 15 is 0 Å². The Balaban J connectivity index is 1.51. The zero-order chi connectivity index (χ0) is 9.54. The number of nitrogens with one attached hydrogen (secondary N) is 2. The summed E-state index contributed by atoms with van der Waals surface area (Å²) in [6.45, 7) is 5.43. The zero-order valence-electron chi connectivity index (χ0n) is 8.16. The molecule has 0 aromatic carbocycles. The summed E-state index contributed by atoms with van der Waals surface area (Å²) >= 11 is 1.46. The quantitative estimate of drug-likeness (QED) is 0.772. The maximum absolute atomic E-state index is 4.29. The van der Waals surface area contributed by atoms with Gasteiger partial charge in [-0.1, -0.05) is 0 Å². The van der Waals surface area contributed by atoms with E-state index in [2.05, 4.69) is 20.0 Å². The number of anilines is 1. The van der Waals surface area contributed by atoms with Crippen LogP contribution >= 0.6 is 11.5 Å². The van der Waals surface area contributed by atoms with Crippen molar-refractivity contribution in [3.63, 3.8) is 0 Å². The molecule has 2 heterocycles. The van der Waals surface area contributed by atoms with Crippen LogP contribution in [0.25, 0.3) is 0 Å². The SMILES string of the molecule is Cc1nsc(NCC2C3CNCC32)n1. The molecule has 0 amide bonds. The Morgan fingerprint density at radius 2 is 2.29 bits per heavy atom. The second-order valence-corrected chi connectivity index (χ2v) is 4.93. The molecule has 4 nitrogen and oxygen atoms in total. The van der Waals surface area contributed by atoms with Crippen molar-refractivity contribution >= 4 is 16.7 Å². The average Bonchev–Trinajstić information content (AvgIpc) is 2.59. The summed E-state index contributed by atoms with van der Waals surface area (Å²) in [6.07, 6.45) is 0. The second kappa shape index (κ2) is 3.17. The van der Waals surface area contributed by atoms with E-state index in [1.54, 1.807) is 0 Å². The molecule has 0 spiro atoms. The molecule has 2 fully saturated rings. The van der Waals surface area contributed by atoms with Crippen LogP contribution in [-0.4, -0.2) is 29.0 Å². The fourth-order valence-electron chi connectivity index (χ4n) is 2.42. The van der Waals surface area contributed by atoms with Gasteiger partial charge in [0.05, 0.1) is 0 Å². The number of aromatic nitrogens is 2. The van der Waals surface area contributed by atoms with Crippen molar-refractivity contribution in [3.8, 4) is 0 Å². The van der Waals surface area contributed by atoms with Crippen LogP contribution in [0, 0.1) is 24.7 Å². The normalized spacial score (nSPS) is 34.2. The van der Waals surface area contributed by atoms with E-state index < -0.39 is 0 Å². The summed E-state index contributed by atoms with van der Waals surface area (Å²) in [4.78, 5) is 4.29. The summed E-state index contributed by atoms with van der Waals surface area (Å²) < 4.78 is 4.14. The lowest BCUT2D eigenvalue weighted by Crippen LogP contribution is -2.18. The van der Waals surface area contributed by atoms with Gasteiger partial charge in [-0.05, 0) is 37.8 Å². The molecular formula is C9H14N4S. The van der Waals surface area contributed by atoms with Crippen LogP contribution in [-0.2, 0) is 0 Å². The van der Waals surface area contributed by atoms with Gasteiger partial charge < -0.3 is 10.6 Å². The molecule has 3 rings (SSSR count). The third kappa shape index (κ3) is 1.40. The highest BCUT2D eigenvalue weighted by Gasteiger charge is 2.52. The molecule has 1 aliphatic heterocycles. The second-order valence-electron chi connectivity index (χ2n) is 4.18. The van der Waals surface area contributed by atoms with E-state index in [4.69, 9.17) is 0 Å². The monoisotopic (exact) mass is 210 g/mol. The van der Waals surface area contributed by atoms with Crippen LogP contribution in [0.1, 0.15) is 5.82 Å². The summed E-state index contributed by atoms with van der Waals surface area (Å²) in [7, 11) is 0. The lowest BCUT2D eigenvalue weighted by Gasteiger charge is -2.04. The van der Waals surface area contributed by atoms with E-state index in [0.717, 1.165) is 35.3 Å². The fourth-order valence-corrected chi connectivity index (χ4v) is 3.00. The lowest BCUT2D eigenvalue weighted by molar-refractivity contribution is 0.615. The van der Waals surface area contributed by atoms with Gasteiger partial charge in [-0.2, -0.15) is 4.37 Å². The van der Waals surface area contributed by atoms with Crippen molar-refractivity contribution in [2.45, 2.75) is 6.92 Å². The van der Waals surface area contributed by atoms with Gasteiger partial charge in [0.15, 0.2) is 0 Å². The van der Waals surface area contributed by atoms with Gasteiger partial charge in [0, 0.05) is 18.1 Å². The lowest BCUT2D eigenvalue weighted by atomic mass is 10.3. The highest BCUT2D eigenvalue weighted by Crippen LogP contribution is 2.48. The fraction of sp³-hybridized carbons (Fsp3) is 0.778. The molecule has 1 aromatic heterocycles. The van der Waals surface area contributed by atoms with Crippen LogP contribution in [0.15, 0.2) is 0 Å². The van der Waals surface area contributed by atoms with Crippen molar-refractivity contribution in [2.24, 2.45) is 17.8 Å². The first-order chi connectivity index (χ1) is 6.84. The van der Waals surface area contributed by atoms with Gasteiger partial charge in [-0.15, -0.1) is 0 Å². The Morgan fingerprint density at radius 3 is 2.93 bits per heavy atom. The molecule has 1 aliphatic carbocycles. The predicted octanol–water partition coefficient (Wildman–Crippen LogP) is 0.724. The molecule has 2 unspecified atom stereocenters.